The normalized spacial score (nSPS) is 16.4. The number of benzene rings is 4. The van der Waals surface area contributed by atoms with E-state index in [-0.39, 0.29) is 5.70 Å². The first-order valence-electron chi connectivity index (χ1n) is 15.4. The Kier molecular flexibility index (Phi) is 8.97. The number of fused-ring (bicyclic) bond motifs is 5. The third-order valence-electron chi connectivity index (χ3n) is 8.60. The van der Waals surface area contributed by atoms with E-state index >= 15 is 0 Å². The van der Waals surface area contributed by atoms with Gasteiger partial charge in [-0.15, -0.1) is 0 Å². The number of cyclic esters (lactones) is 1. The Labute approximate surface area is 268 Å². The molecule has 0 bridgehead atoms. The van der Waals surface area contributed by atoms with Crippen LogP contribution in [0.15, 0.2) is 83.5 Å². The summed E-state index contributed by atoms with van der Waals surface area (Å²) < 4.78 is 26.0. The maximum absolute atomic E-state index is 11.4. The van der Waals surface area contributed by atoms with Crippen LogP contribution in [0.2, 0.25) is 0 Å². The van der Waals surface area contributed by atoms with Gasteiger partial charge in [0.2, 0.25) is 0 Å². The van der Waals surface area contributed by atoms with Crippen LogP contribution in [0.5, 0.6) is 23.0 Å². The number of methoxy groups -OCH3 is 4. The van der Waals surface area contributed by atoms with E-state index in [0.717, 1.165) is 29.9 Å². The second kappa shape index (κ2) is 13.4. The molecule has 4 aromatic carbocycles. The highest BCUT2D eigenvalue weighted by molar-refractivity contribution is 6.07. The molecular formula is C38H38N2O6. The molecule has 1 unspecified atom stereocenters. The van der Waals surface area contributed by atoms with Gasteiger partial charge in [-0.25, -0.2) is 9.79 Å². The van der Waals surface area contributed by atoms with Crippen molar-refractivity contribution >= 4 is 39.6 Å². The summed E-state index contributed by atoms with van der Waals surface area (Å²) in [6.45, 7) is 1.63. The predicted molar refractivity (Wildman–Crippen MR) is 181 cm³/mol. The summed E-state index contributed by atoms with van der Waals surface area (Å²) in [4.78, 5) is 19.2. The Morgan fingerprint density at radius 3 is 2.28 bits per heavy atom. The highest BCUT2D eigenvalue weighted by Crippen LogP contribution is 2.40. The van der Waals surface area contributed by atoms with Crippen molar-refractivity contribution in [2.75, 3.05) is 28.4 Å². The highest BCUT2D eigenvalue weighted by atomic mass is 16.6. The summed E-state index contributed by atoms with van der Waals surface area (Å²) >= 11 is 0. The molecule has 8 nitrogen and oxygen atoms in total. The number of rotatable bonds is 7. The van der Waals surface area contributed by atoms with Crippen molar-refractivity contribution in [3.8, 4) is 23.0 Å². The van der Waals surface area contributed by atoms with E-state index < -0.39 is 5.97 Å². The van der Waals surface area contributed by atoms with E-state index in [2.05, 4.69) is 58.5 Å². The first kappa shape index (κ1) is 30.8. The average molecular weight is 619 g/mol. The van der Waals surface area contributed by atoms with Crippen molar-refractivity contribution in [1.82, 2.24) is 4.98 Å². The molecule has 5 aromatic rings. The fourth-order valence-electron chi connectivity index (χ4n) is 6.41. The topological polar surface area (TPSA) is 91.4 Å². The number of esters is 1. The Balaban J connectivity index is 0.000000179. The summed E-state index contributed by atoms with van der Waals surface area (Å²) in [5.74, 6) is 3.24. The molecule has 0 saturated carbocycles. The van der Waals surface area contributed by atoms with Gasteiger partial charge in [-0.2, -0.15) is 0 Å². The molecule has 0 saturated heterocycles. The van der Waals surface area contributed by atoms with Crippen LogP contribution in [-0.4, -0.2) is 45.3 Å². The maximum Gasteiger partial charge on any atom is 0.363 e. The lowest BCUT2D eigenvalue weighted by Gasteiger charge is -2.23. The molecule has 236 valence electrons. The molecule has 2 aliphatic rings. The smallest absolute Gasteiger partial charge is 0.363 e. The molecule has 0 amide bonds. The van der Waals surface area contributed by atoms with Gasteiger partial charge in [0.1, 0.15) is 0 Å². The molecule has 8 heteroatoms. The summed E-state index contributed by atoms with van der Waals surface area (Å²) in [6, 6.07) is 24.8. The second-order valence-electron chi connectivity index (χ2n) is 11.4. The van der Waals surface area contributed by atoms with Gasteiger partial charge in [-0.3, -0.25) is 0 Å². The lowest BCUT2D eigenvalue weighted by molar-refractivity contribution is -0.130. The zero-order valence-electron chi connectivity index (χ0n) is 26.8. The van der Waals surface area contributed by atoms with Crippen LogP contribution in [0, 0.1) is 0 Å². The third kappa shape index (κ3) is 6.15. The van der Waals surface area contributed by atoms with Crippen molar-refractivity contribution in [3.05, 3.63) is 101 Å². The van der Waals surface area contributed by atoms with Gasteiger partial charge in [0.25, 0.3) is 0 Å². The van der Waals surface area contributed by atoms with E-state index in [0.29, 0.717) is 23.3 Å². The largest absolute Gasteiger partial charge is 0.493 e. The van der Waals surface area contributed by atoms with Crippen molar-refractivity contribution in [2.24, 2.45) is 4.99 Å². The lowest BCUT2D eigenvalue weighted by atomic mass is 9.83. The Bertz CT molecular complexity index is 1970. The molecule has 1 aliphatic carbocycles. The molecule has 1 N–H and O–H groups in total. The van der Waals surface area contributed by atoms with Gasteiger partial charge in [0, 0.05) is 29.3 Å². The van der Waals surface area contributed by atoms with E-state index in [1.54, 1.807) is 53.6 Å². The Hall–Kier alpha value is -5.24. The van der Waals surface area contributed by atoms with Crippen LogP contribution in [-0.2, 0) is 22.4 Å². The monoisotopic (exact) mass is 618 g/mol. The fourth-order valence-corrected chi connectivity index (χ4v) is 6.41. The molecule has 0 spiro atoms. The zero-order chi connectivity index (χ0) is 32.2. The number of hydrogen-bond acceptors (Lipinski definition) is 7. The second-order valence-corrected chi connectivity index (χ2v) is 11.4. The number of H-pyrrole nitrogens is 1. The molecule has 1 atom stereocenters. The molecular weight excluding hydrogens is 580 g/mol. The number of ether oxygens (including phenoxy) is 5. The van der Waals surface area contributed by atoms with Crippen LogP contribution in [0.1, 0.15) is 48.1 Å². The molecule has 1 aromatic heterocycles. The Morgan fingerprint density at radius 2 is 1.57 bits per heavy atom. The van der Waals surface area contributed by atoms with Gasteiger partial charge >= 0.3 is 5.97 Å². The van der Waals surface area contributed by atoms with E-state index in [9.17, 15) is 4.79 Å². The van der Waals surface area contributed by atoms with Crippen molar-refractivity contribution in [1.29, 1.82) is 0 Å². The van der Waals surface area contributed by atoms with Crippen molar-refractivity contribution in [2.45, 2.75) is 38.5 Å². The maximum atomic E-state index is 11.4. The predicted octanol–water partition coefficient (Wildman–Crippen LogP) is 8.02. The zero-order valence-corrected chi connectivity index (χ0v) is 26.8. The first-order valence-corrected chi connectivity index (χ1v) is 15.4. The van der Waals surface area contributed by atoms with E-state index in [1.807, 2.05) is 12.1 Å². The number of carbonyl (C=O) groups is 1. The van der Waals surface area contributed by atoms with Gasteiger partial charge in [-0.05, 0) is 78.1 Å². The molecule has 0 radical (unpaired) electrons. The number of aromatic amines is 1. The minimum atomic E-state index is -0.442. The summed E-state index contributed by atoms with van der Waals surface area (Å²) in [7, 11) is 6.50. The first-order chi connectivity index (χ1) is 22.4. The average Bonchev–Trinajstić information content (AvgIpc) is 3.63. The van der Waals surface area contributed by atoms with Crippen molar-refractivity contribution in [3.63, 3.8) is 0 Å². The number of aryl methyl sites for hydroxylation is 1. The SMILES string of the molecule is COc1ccc(/C=C2\N=C(C)OC2=O)cc1OC.COc1ccc(CC2CCCc3c2[nH]c2c3ccc3ccccc32)cc1OC. The van der Waals surface area contributed by atoms with E-state index in [4.69, 9.17) is 23.7 Å². The van der Waals surface area contributed by atoms with Crippen LogP contribution >= 0.6 is 0 Å². The van der Waals surface area contributed by atoms with Gasteiger partial charge in [0.15, 0.2) is 34.6 Å². The standard InChI is InChI=1S/C25H25NO2.C13H13NO4/c1-27-22-13-10-16(15-23(22)28-2)14-18-7-5-9-20-21-12-11-17-6-3-4-8-19(17)25(21)26-24(18)20;1-8-14-10(13(15)18-8)6-9-4-5-11(16-2)12(7-9)17-3/h3-4,6,8,10-13,15,18,26H,5,7,9,14H2,1-2H3;4-7H,1-3H3/b;10-6-. The molecule has 2 heterocycles. The van der Waals surface area contributed by atoms with Gasteiger partial charge in [-0.1, -0.05) is 48.5 Å². The summed E-state index contributed by atoms with van der Waals surface area (Å²) in [5.41, 5.74) is 6.59. The third-order valence-corrected chi connectivity index (χ3v) is 8.60. The van der Waals surface area contributed by atoms with Crippen LogP contribution in [0.25, 0.3) is 27.8 Å². The summed E-state index contributed by atoms with van der Waals surface area (Å²) in [5, 5.41) is 4.01. The molecule has 0 fully saturated rings. The van der Waals surface area contributed by atoms with Gasteiger partial charge in [0.05, 0.1) is 34.0 Å². The minimum absolute atomic E-state index is 0.278. The van der Waals surface area contributed by atoms with Crippen LogP contribution in [0.4, 0.5) is 0 Å². The number of aromatic nitrogens is 1. The number of nitrogens with zero attached hydrogens (tertiary/aromatic N) is 1. The summed E-state index contributed by atoms with van der Waals surface area (Å²) in [6.07, 6.45) is 6.27. The van der Waals surface area contributed by atoms with Crippen LogP contribution < -0.4 is 18.9 Å². The van der Waals surface area contributed by atoms with Crippen molar-refractivity contribution < 1.29 is 28.5 Å². The minimum Gasteiger partial charge on any atom is -0.493 e. The van der Waals surface area contributed by atoms with E-state index in [1.165, 1.54) is 51.3 Å². The Morgan fingerprint density at radius 1 is 0.848 bits per heavy atom. The number of nitrogens with one attached hydrogen (secondary N) is 1. The molecule has 7 rings (SSSR count). The highest BCUT2D eigenvalue weighted by Gasteiger charge is 2.25. The molecule has 1 aliphatic heterocycles. The number of aliphatic imine (C=N–C) groups is 1. The lowest BCUT2D eigenvalue weighted by Crippen LogP contribution is -2.11. The quantitative estimate of drug-likeness (QED) is 0.147. The fraction of sp³-hybridized carbons (Fsp3) is 0.263. The molecule has 46 heavy (non-hydrogen) atoms. The number of carbonyl (C=O) groups excluding carboxylic acids is 1. The van der Waals surface area contributed by atoms with Crippen LogP contribution in [0.3, 0.4) is 0 Å². The van der Waals surface area contributed by atoms with Gasteiger partial charge < -0.3 is 28.7 Å². The number of hydrogen-bond donors (Lipinski definition) is 1.